The van der Waals surface area contributed by atoms with Crippen LogP contribution < -0.4 is 5.73 Å². The Labute approximate surface area is 122 Å². The quantitative estimate of drug-likeness (QED) is 0.855. The summed E-state index contributed by atoms with van der Waals surface area (Å²) in [6.45, 7) is 4.94. The number of nitrogens with two attached hydrogens (primary N) is 1. The van der Waals surface area contributed by atoms with E-state index in [1.807, 2.05) is 6.92 Å². The highest BCUT2D eigenvalue weighted by atomic mass is 19.1. The monoisotopic (exact) mass is 291 g/mol. The number of hydrogen-bond donors (Lipinski definition) is 1. The van der Waals surface area contributed by atoms with Gasteiger partial charge in [0, 0.05) is 12.3 Å². The molecule has 1 aliphatic rings. The van der Waals surface area contributed by atoms with Gasteiger partial charge in [-0.25, -0.2) is 9.07 Å². The topological polar surface area (TPSA) is 78.9 Å². The first-order chi connectivity index (χ1) is 10.0. The molecule has 1 aromatic heterocycles. The average Bonchev–Trinajstić information content (AvgIpc) is 2.93. The Kier molecular flexibility index (Phi) is 3.36. The van der Waals surface area contributed by atoms with E-state index in [2.05, 4.69) is 15.5 Å². The van der Waals surface area contributed by atoms with E-state index >= 15 is 0 Å². The van der Waals surface area contributed by atoms with Crippen LogP contribution in [0.4, 0.5) is 10.1 Å². The fourth-order valence-electron chi connectivity index (χ4n) is 2.77. The fourth-order valence-corrected chi connectivity index (χ4v) is 2.77. The lowest BCUT2D eigenvalue weighted by Crippen LogP contribution is -2.40. The van der Waals surface area contributed by atoms with Crippen LogP contribution in [-0.2, 0) is 10.3 Å². The summed E-state index contributed by atoms with van der Waals surface area (Å²) < 4.78 is 21.6. The molecule has 0 bridgehead atoms. The third-order valence-corrected chi connectivity index (χ3v) is 3.92. The lowest BCUT2D eigenvalue weighted by molar-refractivity contribution is 0.00345. The van der Waals surface area contributed by atoms with Crippen molar-refractivity contribution in [3.05, 3.63) is 23.5 Å². The minimum atomic E-state index is -0.373. The van der Waals surface area contributed by atoms with Gasteiger partial charge in [0.25, 0.3) is 0 Å². The van der Waals surface area contributed by atoms with Crippen LogP contribution in [0.15, 0.2) is 12.1 Å². The molecule has 1 fully saturated rings. The number of tetrazole rings is 1. The summed E-state index contributed by atoms with van der Waals surface area (Å²) in [5, 5.41) is 11.8. The third-order valence-electron chi connectivity index (χ3n) is 3.92. The molecule has 2 heterocycles. The zero-order chi connectivity index (χ0) is 15.0. The van der Waals surface area contributed by atoms with Crippen molar-refractivity contribution in [2.45, 2.75) is 32.2 Å². The van der Waals surface area contributed by atoms with Gasteiger partial charge in [0.1, 0.15) is 5.82 Å². The summed E-state index contributed by atoms with van der Waals surface area (Å²) in [5.41, 5.74) is 6.74. The second kappa shape index (κ2) is 5.07. The van der Waals surface area contributed by atoms with Crippen molar-refractivity contribution < 1.29 is 9.13 Å². The molecular weight excluding hydrogens is 273 g/mol. The van der Waals surface area contributed by atoms with Crippen molar-refractivity contribution >= 4 is 5.69 Å². The van der Waals surface area contributed by atoms with E-state index in [1.165, 1.54) is 0 Å². The van der Waals surface area contributed by atoms with E-state index in [1.54, 1.807) is 23.7 Å². The van der Waals surface area contributed by atoms with Gasteiger partial charge in [-0.15, -0.1) is 5.10 Å². The van der Waals surface area contributed by atoms with E-state index in [4.69, 9.17) is 10.5 Å². The molecule has 112 valence electrons. The first-order valence-electron chi connectivity index (χ1n) is 6.94. The van der Waals surface area contributed by atoms with E-state index < -0.39 is 0 Å². The molecule has 0 radical (unpaired) electrons. The minimum absolute atomic E-state index is 0.323. The molecule has 1 unspecified atom stereocenters. The summed E-state index contributed by atoms with van der Waals surface area (Å²) in [7, 11) is 0. The number of benzene rings is 1. The molecule has 0 spiro atoms. The third kappa shape index (κ3) is 2.37. The second-order valence-electron chi connectivity index (χ2n) is 5.77. The van der Waals surface area contributed by atoms with Crippen LogP contribution in [0, 0.1) is 12.7 Å². The second-order valence-corrected chi connectivity index (χ2v) is 5.77. The molecule has 1 atom stereocenters. The van der Waals surface area contributed by atoms with E-state index in [0.717, 1.165) is 19.4 Å². The number of aromatic nitrogens is 4. The summed E-state index contributed by atoms with van der Waals surface area (Å²) >= 11 is 0. The molecule has 0 amide bonds. The van der Waals surface area contributed by atoms with Gasteiger partial charge in [0.15, 0.2) is 5.82 Å². The van der Waals surface area contributed by atoms with Crippen molar-refractivity contribution in [3.63, 3.8) is 0 Å². The first kappa shape index (κ1) is 13.9. The Hall–Kier alpha value is -2.02. The van der Waals surface area contributed by atoms with Gasteiger partial charge in [0.05, 0.1) is 17.7 Å². The number of nitrogens with zero attached hydrogens (tertiary/aromatic N) is 4. The SMILES string of the molecule is Cc1cc(N)cc(-c2nnnn2C2(C)CCCOC2)c1F. The first-order valence-corrected chi connectivity index (χ1v) is 6.94. The molecule has 6 nitrogen and oxygen atoms in total. The van der Waals surface area contributed by atoms with Crippen molar-refractivity contribution in [3.8, 4) is 11.4 Å². The van der Waals surface area contributed by atoms with E-state index in [0.29, 0.717) is 29.2 Å². The van der Waals surface area contributed by atoms with Crippen LogP contribution in [0.5, 0.6) is 0 Å². The van der Waals surface area contributed by atoms with Gasteiger partial charge in [-0.3, -0.25) is 0 Å². The maximum absolute atomic E-state index is 14.4. The standard InChI is InChI=1S/C14H18FN5O/c1-9-6-10(16)7-11(12(9)15)13-17-18-19-20(13)14(2)4-3-5-21-8-14/h6-7H,3-5,8,16H2,1-2H3. The highest BCUT2D eigenvalue weighted by Gasteiger charge is 2.34. The lowest BCUT2D eigenvalue weighted by atomic mass is 9.94. The molecule has 1 aliphatic heterocycles. The molecule has 21 heavy (non-hydrogen) atoms. The van der Waals surface area contributed by atoms with Crippen molar-refractivity contribution in [1.29, 1.82) is 0 Å². The summed E-state index contributed by atoms with van der Waals surface area (Å²) in [4.78, 5) is 0. The number of anilines is 1. The normalized spacial score (nSPS) is 22.4. The predicted octanol–water partition coefficient (Wildman–Crippen LogP) is 1.90. The molecular formula is C14H18FN5O. The summed E-state index contributed by atoms with van der Waals surface area (Å²) in [5.74, 6) is 0.0384. The molecule has 1 aromatic carbocycles. The number of halogens is 1. The Bertz CT molecular complexity index is 663. The van der Waals surface area contributed by atoms with Gasteiger partial charge in [-0.05, 0) is 54.8 Å². The molecule has 0 aliphatic carbocycles. The zero-order valence-corrected chi connectivity index (χ0v) is 12.1. The van der Waals surface area contributed by atoms with Gasteiger partial charge in [0.2, 0.25) is 0 Å². The van der Waals surface area contributed by atoms with Crippen molar-refractivity contribution in [2.24, 2.45) is 0 Å². The largest absolute Gasteiger partial charge is 0.399 e. The molecule has 1 saturated heterocycles. The van der Waals surface area contributed by atoms with Crippen molar-refractivity contribution in [2.75, 3.05) is 18.9 Å². The van der Waals surface area contributed by atoms with Gasteiger partial charge in [-0.2, -0.15) is 0 Å². The molecule has 2 aromatic rings. The lowest BCUT2D eigenvalue weighted by Gasteiger charge is -2.33. The fraction of sp³-hybridized carbons (Fsp3) is 0.500. The number of rotatable bonds is 2. The molecule has 3 rings (SSSR count). The molecule has 0 saturated carbocycles. The van der Waals surface area contributed by atoms with Gasteiger partial charge in [-0.1, -0.05) is 0 Å². The maximum Gasteiger partial charge on any atom is 0.185 e. The number of aryl methyl sites for hydroxylation is 1. The average molecular weight is 291 g/mol. The van der Waals surface area contributed by atoms with Gasteiger partial charge >= 0.3 is 0 Å². The number of nitrogen functional groups attached to an aromatic ring is 1. The van der Waals surface area contributed by atoms with Crippen LogP contribution in [0.3, 0.4) is 0 Å². The summed E-state index contributed by atoms with van der Waals surface area (Å²) in [6, 6.07) is 3.16. The van der Waals surface area contributed by atoms with E-state index in [-0.39, 0.29) is 11.4 Å². The van der Waals surface area contributed by atoms with Crippen LogP contribution >= 0.6 is 0 Å². The smallest absolute Gasteiger partial charge is 0.185 e. The van der Waals surface area contributed by atoms with Crippen LogP contribution in [0.2, 0.25) is 0 Å². The highest BCUT2D eigenvalue weighted by Crippen LogP contribution is 2.32. The van der Waals surface area contributed by atoms with Crippen molar-refractivity contribution in [1.82, 2.24) is 20.2 Å². The van der Waals surface area contributed by atoms with Crippen LogP contribution in [0.1, 0.15) is 25.3 Å². The number of hydrogen-bond acceptors (Lipinski definition) is 5. The Morgan fingerprint density at radius 3 is 2.95 bits per heavy atom. The number of ether oxygens (including phenoxy) is 1. The predicted molar refractivity (Wildman–Crippen MR) is 76.1 cm³/mol. The summed E-state index contributed by atoms with van der Waals surface area (Å²) in [6.07, 6.45) is 1.81. The van der Waals surface area contributed by atoms with Crippen LogP contribution in [-0.4, -0.2) is 33.4 Å². The molecule has 2 N–H and O–H groups in total. The zero-order valence-electron chi connectivity index (χ0n) is 12.1. The highest BCUT2D eigenvalue weighted by molar-refractivity contribution is 5.63. The Morgan fingerprint density at radius 2 is 2.24 bits per heavy atom. The minimum Gasteiger partial charge on any atom is -0.399 e. The van der Waals surface area contributed by atoms with E-state index in [9.17, 15) is 4.39 Å². The molecule has 7 heteroatoms. The van der Waals surface area contributed by atoms with Crippen LogP contribution in [0.25, 0.3) is 11.4 Å². The Morgan fingerprint density at radius 1 is 1.43 bits per heavy atom. The maximum atomic E-state index is 14.4. The van der Waals surface area contributed by atoms with Gasteiger partial charge < -0.3 is 10.5 Å². The Balaban J connectivity index is 2.11.